The van der Waals surface area contributed by atoms with Crippen LogP contribution in [0.1, 0.15) is 21.7 Å². The number of carbonyl (C=O) groups is 2. The lowest BCUT2D eigenvalue weighted by Gasteiger charge is -2.08. The Kier molecular flexibility index (Phi) is 4.90. The van der Waals surface area contributed by atoms with E-state index in [1.807, 2.05) is 0 Å². The molecule has 0 unspecified atom stereocenters. The highest BCUT2D eigenvalue weighted by molar-refractivity contribution is 7.92. The van der Waals surface area contributed by atoms with Crippen LogP contribution < -0.4 is 4.72 Å². The molecule has 0 saturated heterocycles. The van der Waals surface area contributed by atoms with Gasteiger partial charge in [-0.2, -0.15) is 0 Å². The number of carbonyl (C=O) groups excluding carboxylic acids is 1. The molecule has 0 saturated carbocycles. The average Bonchev–Trinajstić information content (AvgIpc) is 2.67. The first-order valence-electron chi connectivity index (χ1n) is 5.15. The first-order valence-corrected chi connectivity index (χ1v) is 7.68. The van der Waals surface area contributed by atoms with E-state index in [4.69, 9.17) is 5.11 Å². The number of nitrogens with one attached hydrogen (secondary N) is 1. The molecule has 19 heavy (non-hydrogen) atoms. The maximum atomic E-state index is 11.7. The number of sulfonamides is 1. The van der Waals surface area contributed by atoms with Gasteiger partial charge in [-0.1, -0.05) is 0 Å². The highest BCUT2D eigenvalue weighted by Crippen LogP contribution is 2.28. The van der Waals surface area contributed by atoms with Crippen molar-refractivity contribution in [2.75, 3.05) is 17.6 Å². The molecule has 7 nitrogen and oxygen atoms in total. The molecular formula is C10H13NO6S2. The van der Waals surface area contributed by atoms with Crippen molar-refractivity contribution in [2.45, 2.75) is 13.3 Å². The Bertz CT molecular complexity index is 589. The first kappa shape index (κ1) is 15.4. The fourth-order valence-corrected chi connectivity index (χ4v) is 3.27. The zero-order valence-corrected chi connectivity index (χ0v) is 11.9. The highest BCUT2D eigenvalue weighted by Gasteiger charge is 2.21. The number of carboxylic acids is 1. The second kappa shape index (κ2) is 6.02. The molecule has 0 radical (unpaired) electrons. The van der Waals surface area contributed by atoms with Crippen molar-refractivity contribution in [1.82, 2.24) is 0 Å². The molecule has 0 aliphatic rings. The fraction of sp³-hybridized carbons (Fsp3) is 0.400. The van der Waals surface area contributed by atoms with E-state index in [0.29, 0.717) is 5.56 Å². The van der Waals surface area contributed by atoms with Crippen LogP contribution in [0, 0.1) is 6.92 Å². The number of hydrogen-bond donors (Lipinski definition) is 2. The van der Waals surface area contributed by atoms with Crippen molar-refractivity contribution < 1.29 is 27.9 Å². The van der Waals surface area contributed by atoms with Crippen molar-refractivity contribution in [3.8, 4) is 0 Å². The molecule has 106 valence electrons. The van der Waals surface area contributed by atoms with Gasteiger partial charge >= 0.3 is 11.9 Å². The minimum Gasteiger partial charge on any atom is -0.477 e. The Hall–Kier alpha value is -1.61. The number of aryl methyl sites for hydroxylation is 1. The normalized spacial score (nSPS) is 11.1. The van der Waals surface area contributed by atoms with Crippen LogP contribution in [0.4, 0.5) is 5.69 Å². The van der Waals surface area contributed by atoms with E-state index in [1.54, 1.807) is 12.3 Å². The molecule has 9 heteroatoms. The average molecular weight is 307 g/mol. The lowest BCUT2D eigenvalue weighted by Crippen LogP contribution is -2.20. The molecular weight excluding hydrogens is 294 g/mol. The van der Waals surface area contributed by atoms with Gasteiger partial charge < -0.3 is 9.84 Å². The van der Waals surface area contributed by atoms with Crippen LogP contribution in [-0.2, 0) is 19.6 Å². The molecule has 1 aromatic heterocycles. The van der Waals surface area contributed by atoms with Crippen LogP contribution in [-0.4, -0.2) is 38.3 Å². The summed E-state index contributed by atoms with van der Waals surface area (Å²) in [6.07, 6.45) is -0.294. The molecule has 0 bridgehead atoms. The van der Waals surface area contributed by atoms with Crippen LogP contribution >= 0.6 is 11.3 Å². The number of methoxy groups -OCH3 is 1. The third-order valence-corrected chi connectivity index (χ3v) is 4.57. The van der Waals surface area contributed by atoms with Gasteiger partial charge in [0.05, 0.1) is 25.0 Å². The number of thiophene rings is 1. The maximum Gasteiger partial charge on any atom is 0.348 e. The number of esters is 1. The largest absolute Gasteiger partial charge is 0.477 e. The van der Waals surface area contributed by atoms with Gasteiger partial charge in [0.25, 0.3) is 0 Å². The Morgan fingerprint density at radius 1 is 1.47 bits per heavy atom. The first-order chi connectivity index (χ1) is 8.76. The molecule has 0 aromatic carbocycles. The van der Waals surface area contributed by atoms with Crippen LogP contribution in [0.15, 0.2) is 5.38 Å². The number of rotatable bonds is 6. The van der Waals surface area contributed by atoms with Gasteiger partial charge in [-0.05, 0) is 17.9 Å². The molecule has 0 fully saturated rings. The van der Waals surface area contributed by atoms with E-state index in [9.17, 15) is 18.0 Å². The van der Waals surface area contributed by atoms with Gasteiger partial charge in [0.15, 0.2) is 0 Å². The van der Waals surface area contributed by atoms with Crippen molar-refractivity contribution in [1.29, 1.82) is 0 Å². The Labute approximate surface area is 114 Å². The summed E-state index contributed by atoms with van der Waals surface area (Å²) in [5.74, 6) is -2.32. The van der Waals surface area contributed by atoms with Gasteiger partial charge in [-0.25, -0.2) is 13.2 Å². The molecule has 0 aliphatic heterocycles. The van der Waals surface area contributed by atoms with Gasteiger partial charge in [0.2, 0.25) is 10.0 Å². The second-order valence-electron chi connectivity index (χ2n) is 3.68. The topological polar surface area (TPSA) is 110 Å². The molecule has 2 N–H and O–H groups in total. The smallest absolute Gasteiger partial charge is 0.348 e. The van der Waals surface area contributed by atoms with E-state index in [-0.39, 0.29) is 17.0 Å². The quantitative estimate of drug-likeness (QED) is 0.760. The summed E-state index contributed by atoms with van der Waals surface area (Å²) in [4.78, 5) is 21.7. The minimum absolute atomic E-state index is 0.0439. The summed E-state index contributed by atoms with van der Waals surface area (Å²) in [5.41, 5.74) is 0.561. The van der Waals surface area contributed by atoms with Crippen molar-refractivity contribution in [3.05, 3.63) is 15.8 Å². The van der Waals surface area contributed by atoms with Crippen LogP contribution in [0.3, 0.4) is 0 Å². The van der Waals surface area contributed by atoms with Crippen LogP contribution in [0.5, 0.6) is 0 Å². The highest BCUT2D eigenvalue weighted by atomic mass is 32.2. The number of aromatic carboxylic acids is 1. The molecule has 0 amide bonds. The van der Waals surface area contributed by atoms with E-state index >= 15 is 0 Å². The number of anilines is 1. The zero-order chi connectivity index (χ0) is 14.6. The predicted molar refractivity (Wildman–Crippen MR) is 70.1 cm³/mol. The number of hydrogen-bond acceptors (Lipinski definition) is 6. The summed E-state index contributed by atoms with van der Waals surface area (Å²) in [6, 6.07) is 0. The van der Waals surface area contributed by atoms with Crippen molar-refractivity contribution in [2.24, 2.45) is 0 Å². The van der Waals surface area contributed by atoms with Gasteiger partial charge in [-0.15, -0.1) is 11.3 Å². The van der Waals surface area contributed by atoms with E-state index in [1.165, 1.54) is 0 Å². The molecule has 0 atom stereocenters. The standard InChI is InChI=1S/C10H13NO6S2/c1-6-5-18-9(10(13)14)8(6)11-19(15,16)4-3-7(12)17-2/h5,11H,3-4H2,1-2H3,(H,13,14). The van der Waals surface area contributed by atoms with Crippen molar-refractivity contribution in [3.63, 3.8) is 0 Å². The van der Waals surface area contributed by atoms with E-state index in [0.717, 1.165) is 18.4 Å². The fourth-order valence-electron chi connectivity index (χ4n) is 1.25. The third-order valence-electron chi connectivity index (χ3n) is 2.23. The molecule has 1 heterocycles. The minimum atomic E-state index is -3.80. The molecule has 1 aromatic rings. The SMILES string of the molecule is COC(=O)CCS(=O)(=O)Nc1c(C)csc1C(=O)O. The third kappa shape index (κ3) is 4.21. The summed E-state index contributed by atoms with van der Waals surface area (Å²) < 4.78 is 30.0. The summed E-state index contributed by atoms with van der Waals surface area (Å²) >= 11 is 0.936. The maximum absolute atomic E-state index is 11.7. The van der Waals surface area contributed by atoms with Gasteiger partial charge in [-0.3, -0.25) is 9.52 Å². The number of ether oxygens (including phenoxy) is 1. The van der Waals surface area contributed by atoms with Crippen LogP contribution in [0.25, 0.3) is 0 Å². The second-order valence-corrected chi connectivity index (χ2v) is 6.40. The Morgan fingerprint density at radius 2 is 2.11 bits per heavy atom. The summed E-state index contributed by atoms with van der Waals surface area (Å²) in [6.45, 7) is 1.60. The summed E-state index contributed by atoms with van der Waals surface area (Å²) in [5, 5.41) is 10.5. The molecule has 1 rings (SSSR count). The van der Waals surface area contributed by atoms with Crippen LogP contribution in [0.2, 0.25) is 0 Å². The van der Waals surface area contributed by atoms with Crippen molar-refractivity contribution >= 4 is 39.0 Å². The molecule has 0 aliphatic carbocycles. The zero-order valence-electron chi connectivity index (χ0n) is 10.3. The van der Waals surface area contributed by atoms with E-state index in [2.05, 4.69) is 9.46 Å². The van der Waals surface area contributed by atoms with Gasteiger partial charge in [0, 0.05) is 0 Å². The summed E-state index contributed by atoms with van der Waals surface area (Å²) in [7, 11) is -2.64. The lowest BCUT2D eigenvalue weighted by atomic mass is 10.3. The number of carboxylic acid groups (broad SMARTS) is 1. The Balaban J connectivity index is 2.87. The predicted octanol–water partition coefficient (Wildman–Crippen LogP) is 1.06. The lowest BCUT2D eigenvalue weighted by molar-refractivity contribution is -0.140. The monoisotopic (exact) mass is 307 g/mol. The van der Waals surface area contributed by atoms with E-state index < -0.39 is 27.7 Å². The molecule has 0 spiro atoms. The van der Waals surface area contributed by atoms with Gasteiger partial charge in [0.1, 0.15) is 4.88 Å². The Morgan fingerprint density at radius 3 is 2.63 bits per heavy atom.